The molecule has 0 saturated carbocycles. The zero-order valence-electron chi connectivity index (χ0n) is 28.2. The van der Waals surface area contributed by atoms with Gasteiger partial charge < -0.3 is 9.13 Å². The molecule has 3 heteroatoms. The number of rotatable bonds is 5. The summed E-state index contributed by atoms with van der Waals surface area (Å²) in [5.41, 5.74) is 14.7. The summed E-state index contributed by atoms with van der Waals surface area (Å²) < 4.78 is 4.74. The highest BCUT2D eigenvalue weighted by atomic mass is 15.0. The first kappa shape index (κ1) is 29.7. The molecule has 0 bridgehead atoms. The van der Waals surface area contributed by atoms with Crippen molar-refractivity contribution in [3.8, 4) is 50.8 Å². The second-order valence-corrected chi connectivity index (χ2v) is 13.3. The number of aromatic nitrogens is 2. The topological polar surface area (TPSA) is 33.6 Å². The first-order valence-electron chi connectivity index (χ1n) is 17.6. The van der Waals surface area contributed by atoms with Gasteiger partial charge in [-0.15, -0.1) is 0 Å². The van der Waals surface area contributed by atoms with E-state index in [2.05, 4.69) is 179 Å². The molecule has 0 fully saturated rings. The van der Waals surface area contributed by atoms with Crippen LogP contribution in [0.4, 0.5) is 0 Å². The Hall–Kier alpha value is -7.15. The van der Waals surface area contributed by atoms with Gasteiger partial charge >= 0.3 is 0 Å². The minimum absolute atomic E-state index is 0.672. The maximum absolute atomic E-state index is 9.13. The van der Waals surface area contributed by atoms with Crippen molar-refractivity contribution in [2.75, 3.05) is 0 Å². The van der Waals surface area contributed by atoms with Crippen molar-refractivity contribution in [2.45, 2.75) is 0 Å². The highest BCUT2D eigenvalue weighted by Crippen LogP contribution is 2.38. The van der Waals surface area contributed by atoms with Crippen molar-refractivity contribution in [1.82, 2.24) is 9.13 Å². The van der Waals surface area contributed by atoms with Crippen LogP contribution in [0.2, 0.25) is 0 Å². The highest BCUT2D eigenvalue weighted by molar-refractivity contribution is 6.12. The zero-order valence-corrected chi connectivity index (χ0v) is 28.2. The quantitative estimate of drug-likeness (QED) is 0.181. The Kier molecular flexibility index (Phi) is 6.87. The molecule has 10 aromatic rings. The smallest absolute Gasteiger partial charge is 0.0991 e. The van der Waals surface area contributed by atoms with Crippen LogP contribution in [-0.2, 0) is 0 Å². The summed E-state index contributed by atoms with van der Waals surface area (Å²) in [7, 11) is 0. The van der Waals surface area contributed by atoms with Crippen molar-refractivity contribution in [2.24, 2.45) is 0 Å². The Morgan fingerprint density at radius 1 is 0.308 bits per heavy atom. The lowest BCUT2D eigenvalue weighted by Crippen LogP contribution is -1.94. The second-order valence-electron chi connectivity index (χ2n) is 13.3. The van der Waals surface area contributed by atoms with Gasteiger partial charge in [0.25, 0.3) is 0 Å². The molecule has 0 radical (unpaired) electrons. The van der Waals surface area contributed by atoms with Gasteiger partial charge in [-0.1, -0.05) is 115 Å². The summed E-state index contributed by atoms with van der Waals surface area (Å²) in [5.74, 6) is 0. The number of hydrogen-bond acceptors (Lipinski definition) is 1. The lowest BCUT2D eigenvalue weighted by molar-refractivity contribution is 1.18. The third-order valence-corrected chi connectivity index (χ3v) is 10.4. The Morgan fingerprint density at radius 2 is 0.673 bits per heavy atom. The van der Waals surface area contributed by atoms with Crippen LogP contribution in [0.25, 0.3) is 88.4 Å². The zero-order chi connectivity index (χ0) is 34.6. The monoisotopic (exact) mass is 661 g/mol. The molecular weight excluding hydrogens is 631 g/mol. The van der Waals surface area contributed by atoms with Gasteiger partial charge in [-0.25, -0.2) is 0 Å². The maximum atomic E-state index is 9.13. The largest absolute Gasteiger partial charge is 0.309 e. The fourth-order valence-electron chi connectivity index (χ4n) is 7.83. The van der Waals surface area contributed by atoms with Crippen molar-refractivity contribution in [3.63, 3.8) is 0 Å². The van der Waals surface area contributed by atoms with E-state index in [0.717, 1.165) is 16.8 Å². The van der Waals surface area contributed by atoms with Crippen LogP contribution in [-0.4, -0.2) is 9.13 Å². The van der Waals surface area contributed by atoms with E-state index in [9.17, 15) is 0 Å². The minimum atomic E-state index is 0.672. The van der Waals surface area contributed by atoms with Crippen molar-refractivity contribution in [1.29, 1.82) is 5.26 Å². The number of benzene rings is 8. The van der Waals surface area contributed by atoms with Crippen LogP contribution >= 0.6 is 0 Å². The third kappa shape index (κ3) is 4.81. The Bertz CT molecular complexity index is 2980. The molecule has 3 nitrogen and oxygen atoms in total. The van der Waals surface area contributed by atoms with Gasteiger partial charge in [0.15, 0.2) is 0 Å². The van der Waals surface area contributed by atoms with Crippen LogP contribution in [0.3, 0.4) is 0 Å². The summed E-state index contributed by atoms with van der Waals surface area (Å²) in [6.45, 7) is 0. The maximum Gasteiger partial charge on any atom is 0.0991 e. The predicted octanol–water partition coefficient (Wildman–Crippen LogP) is 12.8. The van der Waals surface area contributed by atoms with E-state index in [0.29, 0.717) is 5.56 Å². The summed E-state index contributed by atoms with van der Waals surface area (Å²) >= 11 is 0. The summed E-state index contributed by atoms with van der Waals surface area (Å²) in [4.78, 5) is 0. The fraction of sp³-hybridized carbons (Fsp3) is 0. The van der Waals surface area contributed by atoms with E-state index in [-0.39, 0.29) is 0 Å². The van der Waals surface area contributed by atoms with E-state index in [1.165, 1.54) is 71.6 Å². The average Bonchev–Trinajstić information content (AvgIpc) is 3.73. The fourth-order valence-corrected chi connectivity index (χ4v) is 7.83. The van der Waals surface area contributed by atoms with Crippen LogP contribution in [0, 0.1) is 11.3 Å². The molecule has 0 unspecified atom stereocenters. The minimum Gasteiger partial charge on any atom is -0.309 e. The van der Waals surface area contributed by atoms with Crippen molar-refractivity contribution < 1.29 is 0 Å². The van der Waals surface area contributed by atoms with Gasteiger partial charge in [0.1, 0.15) is 0 Å². The lowest BCUT2D eigenvalue weighted by atomic mass is 9.99. The standard InChI is InChI=1S/C49H31N3/c50-32-33-14-16-34(17-15-33)35-18-20-36(21-19-35)37-22-26-41(27-23-37)52-47-13-7-5-11-43(47)45-31-39(25-29-49(45)52)38-24-28-48-44(30-38)42-10-4-6-12-46(42)51(48)40-8-2-1-3-9-40/h1-31H. The SMILES string of the molecule is N#Cc1ccc(-c2ccc(-c3ccc(-n4c5ccccc5c5cc(-c6ccc7c(c6)c6ccccc6n7-c6ccccc6)ccc54)cc3)cc2)cc1. The Labute approximate surface area is 301 Å². The molecule has 2 aromatic heterocycles. The molecule has 0 aliphatic rings. The van der Waals surface area contributed by atoms with Gasteiger partial charge in [-0.2, -0.15) is 5.26 Å². The van der Waals surface area contributed by atoms with Gasteiger partial charge in [0.2, 0.25) is 0 Å². The van der Waals surface area contributed by atoms with Crippen molar-refractivity contribution >= 4 is 43.6 Å². The van der Waals surface area contributed by atoms with Crippen LogP contribution in [0.15, 0.2) is 188 Å². The third-order valence-electron chi connectivity index (χ3n) is 10.4. The van der Waals surface area contributed by atoms with E-state index < -0.39 is 0 Å². The molecule has 242 valence electrons. The van der Waals surface area contributed by atoms with E-state index in [1.54, 1.807) is 0 Å². The van der Waals surface area contributed by atoms with Crippen LogP contribution in [0.5, 0.6) is 0 Å². The first-order valence-corrected chi connectivity index (χ1v) is 17.6. The van der Waals surface area contributed by atoms with Crippen LogP contribution in [0.1, 0.15) is 5.56 Å². The van der Waals surface area contributed by atoms with Gasteiger partial charge in [-0.3, -0.25) is 0 Å². The van der Waals surface area contributed by atoms with E-state index in [4.69, 9.17) is 5.26 Å². The summed E-state index contributed by atoms with van der Waals surface area (Å²) in [6.07, 6.45) is 0. The van der Waals surface area contributed by atoms with E-state index >= 15 is 0 Å². The summed E-state index contributed by atoms with van der Waals surface area (Å²) in [5, 5.41) is 14.1. The summed E-state index contributed by atoms with van der Waals surface area (Å²) in [6, 6.07) is 69.2. The molecular formula is C49H31N3. The van der Waals surface area contributed by atoms with Crippen molar-refractivity contribution in [3.05, 3.63) is 194 Å². The lowest BCUT2D eigenvalue weighted by Gasteiger charge is -2.11. The molecule has 0 atom stereocenters. The van der Waals surface area contributed by atoms with E-state index in [1.807, 2.05) is 24.3 Å². The molecule has 10 rings (SSSR count). The molecule has 0 aliphatic heterocycles. The molecule has 0 saturated heterocycles. The van der Waals surface area contributed by atoms with Gasteiger partial charge in [-0.05, 0) is 106 Å². The molecule has 0 aliphatic carbocycles. The number of para-hydroxylation sites is 3. The second kappa shape index (κ2) is 12.0. The molecule has 0 N–H and O–H groups in total. The molecule has 2 heterocycles. The molecule has 0 spiro atoms. The Balaban J connectivity index is 1.03. The number of nitrogens with zero attached hydrogens (tertiary/aromatic N) is 3. The molecule has 8 aromatic carbocycles. The number of nitriles is 1. The Morgan fingerprint density at radius 3 is 1.15 bits per heavy atom. The van der Waals surface area contributed by atoms with Gasteiger partial charge in [0.05, 0.1) is 33.7 Å². The normalized spacial score (nSPS) is 11.4. The molecule has 52 heavy (non-hydrogen) atoms. The number of fused-ring (bicyclic) bond motifs is 6. The highest BCUT2D eigenvalue weighted by Gasteiger charge is 2.16. The first-order chi connectivity index (χ1) is 25.7. The van der Waals surface area contributed by atoms with Gasteiger partial charge in [0, 0.05) is 32.9 Å². The van der Waals surface area contributed by atoms with Crippen LogP contribution < -0.4 is 0 Å². The number of hydrogen-bond donors (Lipinski definition) is 0. The molecule has 0 amide bonds. The average molecular weight is 662 g/mol. The predicted molar refractivity (Wildman–Crippen MR) is 216 cm³/mol.